The SMILES string of the molecule is Cc1cc(Cl)c(C(CCN)N(C)C)cc1F. The summed E-state index contributed by atoms with van der Waals surface area (Å²) in [5.74, 6) is -0.219. The van der Waals surface area contributed by atoms with Gasteiger partial charge in [-0.25, -0.2) is 4.39 Å². The number of nitrogens with two attached hydrogens (primary N) is 1. The van der Waals surface area contributed by atoms with Crippen molar-refractivity contribution in [1.29, 1.82) is 0 Å². The molecule has 0 aliphatic carbocycles. The molecule has 1 atom stereocenters. The van der Waals surface area contributed by atoms with Crippen LogP contribution in [-0.2, 0) is 0 Å². The normalized spacial score (nSPS) is 13.2. The smallest absolute Gasteiger partial charge is 0.126 e. The molecule has 0 amide bonds. The monoisotopic (exact) mass is 244 g/mol. The number of halogens is 2. The maximum absolute atomic E-state index is 13.5. The summed E-state index contributed by atoms with van der Waals surface area (Å²) in [5.41, 5.74) is 6.93. The molecule has 0 aliphatic heterocycles. The molecule has 4 heteroatoms. The Morgan fingerprint density at radius 3 is 2.56 bits per heavy atom. The summed E-state index contributed by atoms with van der Waals surface area (Å²) in [7, 11) is 3.88. The van der Waals surface area contributed by atoms with Crippen molar-refractivity contribution in [3.8, 4) is 0 Å². The second-order valence-electron chi connectivity index (χ2n) is 4.18. The summed E-state index contributed by atoms with van der Waals surface area (Å²) < 4.78 is 13.5. The first kappa shape index (κ1) is 13.4. The van der Waals surface area contributed by atoms with Crippen LogP contribution in [0.15, 0.2) is 12.1 Å². The van der Waals surface area contributed by atoms with E-state index >= 15 is 0 Å². The minimum Gasteiger partial charge on any atom is -0.330 e. The van der Waals surface area contributed by atoms with Gasteiger partial charge in [-0.05, 0) is 57.2 Å². The van der Waals surface area contributed by atoms with Crippen LogP contribution >= 0.6 is 11.6 Å². The van der Waals surface area contributed by atoms with Gasteiger partial charge in [-0.3, -0.25) is 0 Å². The molecule has 0 fully saturated rings. The van der Waals surface area contributed by atoms with E-state index < -0.39 is 0 Å². The maximum Gasteiger partial charge on any atom is 0.126 e. The van der Waals surface area contributed by atoms with Crippen molar-refractivity contribution < 1.29 is 4.39 Å². The van der Waals surface area contributed by atoms with Gasteiger partial charge < -0.3 is 10.6 Å². The molecule has 0 spiro atoms. The Bertz CT molecular complexity index is 366. The lowest BCUT2D eigenvalue weighted by molar-refractivity contribution is 0.286. The predicted octanol–water partition coefficient (Wildman–Crippen LogP) is 2.74. The molecule has 1 rings (SSSR count). The van der Waals surface area contributed by atoms with E-state index in [4.69, 9.17) is 17.3 Å². The van der Waals surface area contributed by atoms with Crippen LogP contribution in [-0.4, -0.2) is 25.5 Å². The highest BCUT2D eigenvalue weighted by Gasteiger charge is 2.17. The molecule has 0 saturated heterocycles. The zero-order valence-electron chi connectivity index (χ0n) is 9.93. The van der Waals surface area contributed by atoms with Crippen molar-refractivity contribution in [1.82, 2.24) is 4.90 Å². The largest absolute Gasteiger partial charge is 0.330 e. The van der Waals surface area contributed by atoms with Crippen LogP contribution in [0.3, 0.4) is 0 Å². The first-order valence-corrected chi connectivity index (χ1v) is 5.67. The standard InChI is InChI=1S/C12H18ClFN2/c1-8-6-10(13)9(7-11(8)14)12(4-5-15)16(2)3/h6-7,12H,4-5,15H2,1-3H3. The second kappa shape index (κ2) is 5.62. The van der Waals surface area contributed by atoms with Gasteiger partial charge in [0.15, 0.2) is 0 Å². The molecule has 0 heterocycles. The van der Waals surface area contributed by atoms with Gasteiger partial charge in [0.2, 0.25) is 0 Å². The molecule has 2 nitrogen and oxygen atoms in total. The van der Waals surface area contributed by atoms with Crippen LogP contribution in [0.4, 0.5) is 4.39 Å². The Labute approximate surface area is 101 Å². The topological polar surface area (TPSA) is 29.3 Å². The molecule has 0 saturated carbocycles. The molecule has 0 radical (unpaired) electrons. The Hall–Kier alpha value is -0.640. The van der Waals surface area contributed by atoms with Crippen LogP contribution in [0.1, 0.15) is 23.6 Å². The molecular weight excluding hydrogens is 227 g/mol. The Balaban J connectivity index is 3.13. The maximum atomic E-state index is 13.5. The van der Waals surface area contributed by atoms with Gasteiger partial charge in [0.25, 0.3) is 0 Å². The van der Waals surface area contributed by atoms with Crippen molar-refractivity contribution in [2.75, 3.05) is 20.6 Å². The molecule has 16 heavy (non-hydrogen) atoms. The predicted molar refractivity (Wildman–Crippen MR) is 66.2 cm³/mol. The fraction of sp³-hybridized carbons (Fsp3) is 0.500. The summed E-state index contributed by atoms with van der Waals surface area (Å²) in [4.78, 5) is 2.00. The minimum absolute atomic E-state index is 0.0626. The van der Waals surface area contributed by atoms with Crippen LogP contribution < -0.4 is 5.73 Å². The van der Waals surface area contributed by atoms with Crippen molar-refractivity contribution in [2.24, 2.45) is 5.73 Å². The average Bonchev–Trinajstić information content (AvgIpc) is 2.20. The van der Waals surface area contributed by atoms with Crippen molar-refractivity contribution in [3.05, 3.63) is 34.1 Å². The number of benzene rings is 1. The van der Waals surface area contributed by atoms with Crippen LogP contribution in [0.2, 0.25) is 5.02 Å². The first-order chi connectivity index (χ1) is 7.47. The highest BCUT2D eigenvalue weighted by Crippen LogP contribution is 2.30. The van der Waals surface area contributed by atoms with E-state index in [1.54, 1.807) is 13.0 Å². The highest BCUT2D eigenvalue weighted by molar-refractivity contribution is 6.31. The fourth-order valence-corrected chi connectivity index (χ4v) is 2.11. The Morgan fingerprint density at radius 1 is 1.44 bits per heavy atom. The molecule has 1 aromatic carbocycles. The van der Waals surface area contributed by atoms with Crippen molar-refractivity contribution >= 4 is 11.6 Å². The van der Waals surface area contributed by atoms with E-state index in [2.05, 4.69) is 0 Å². The van der Waals surface area contributed by atoms with E-state index in [0.717, 1.165) is 12.0 Å². The summed E-state index contributed by atoms with van der Waals surface area (Å²) >= 11 is 6.14. The van der Waals surface area contributed by atoms with Gasteiger partial charge in [-0.15, -0.1) is 0 Å². The molecule has 0 bridgehead atoms. The van der Waals surface area contributed by atoms with Gasteiger partial charge in [0, 0.05) is 11.1 Å². The van der Waals surface area contributed by atoms with Crippen LogP contribution in [0.25, 0.3) is 0 Å². The third kappa shape index (κ3) is 2.94. The van der Waals surface area contributed by atoms with Crippen LogP contribution in [0.5, 0.6) is 0 Å². The Kier molecular flexibility index (Phi) is 4.71. The first-order valence-electron chi connectivity index (χ1n) is 5.29. The lowest BCUT2D eigenvalue weighted by atomic mass is 10.0. The lowest BCUT2D eigenvalue weighted by Gasteiger charge is -2.25. The second-order valence-corrected chi connectivity index (χ2v) is 4.59. The van der Waals surface area contributed by atoms with Gasteiger partial charge in [0.05, 0.1) is 0 Å². The zero-order chi connectivity index (χ0) is 12.3. The molecule has 1 unspecified atom stereocenters. The number of hydrogen-bond donors (Lipinski definition) is 1. The van der Waals surface area contributed by atoms with Crippen molar-refractivity contribution in [2.45, 2.75) is 19.4 Å². The van der Waals surface area contributed by atoms with Gasteiger partial charge >= 0.3 is 0 Å². The van der Waals surface area contributed by atoms with Crippen molar-refractivity contribution in [3.63, 3.8) is 0 Å². The summed E-state index contributed by atoms with van der Waals surface area (Å²) in [6.45, 7) is 2.26. The average molecular weight is 245 g/mol. The van der Waals surface area contributed by atoms with Crippen LogP contribution in [0, 0.1) is 12.7 Å². The Morgan fingerprint density at radius 2 is 2.06 bits per heavy atom. The van der Waals surface area contributed by atoms with Gasteiger partial charge in [-0.2, -0.15) is 0 Å². The summed E-state index contributed by atoms with van der Waals surface area (Å²) in [6.07, 6.45) is 0.759. The lowest BCUT2D eigenvalue weighted by Crippen LogP contribution is -2.23. The molecule has 0 aromatic heterocycles. The fourth-order valence-electron chi connectivity index (χ4n) is 1.77. The van der Waals surface area contributed by atoms with Gasteiger partial charge in [0.1, 0.15) is 5.82 Å². The third-order valence-corrected chi connectivity index (χ3v) is 3.03. The molecule has 1 aromatic rings. The quantitative estimate of drug-likeness (QED) is 0.883. The zero-order valence-corrected chi connectivity index (χ0v) is 10.7. The molecule has 0 aliphatic rings. The highest BCUT2D eigenvalue weighted by atomic mass is 35.5. The van der Waals surface area contributed by atoms with E-state index in [0.29, 0.717) is 17.1 Å². The minimum atomic E-state index is -0.219. The summed E-state index contributed by atoms with van der Waals surface area (Å²) in [6, 6.07) is 3.24. The van der Waals surface area contributed by atoms with E-state index in [1.165, 1.54) is 6.07 Å². The number of nitrogens with zero attached hydrogens (tertiary/aromatic N) is 1. The molecule has 90 valence electrons. The summed E-state index contributed by atoms with van der Waals surface area (Å²) in [5, 5.41) is 0.603. The van der Waals surface area contributed by atoms with E-state index in [9.17, 15) is 4.39 Å². The van der Waals surface area contributed by atoms with E-state index in [-0.39, 0.29) is 11.9 Å². The number of hydrogen-bond acceptors (Lipinski definition) is 2. The number of rotatable bonds is 4. The van der Waals surface area contributed by atoms with Gasteiger partial charge in [-0.1, -0.05) is 11.6 Å². The third-order valence-electron chi connectivity index (χ3n) is 2.70. The molecular formula is C12H18ClFN2. The van der Waals surface area contributed by atoms with E-state index in [1.807, 2.05) is 19.0 Å². The molecule has 2 N–H and O–H groups in total. The number of aryl methyl sites for hydroxylation is 1.